The number of amides is 2. The van der Waals surface area contributed by atoms with E-state index in [9.17, 15) is 14.0 Å². The highest BCUT2D eigenvalue weighted by Gasteiger charge is 2.23. The van der Waals surface area contributed by atoms with Crippen LogP contribution in [0.15, 0.2) is 18.2 Å². The van der Waals surface area contributed by atoms with Crippen molar-refractivity contribution in [2.24, 2.45) is 0 Å². The molecule has 2 rings (SSSR count). The lowest BCUT2D eigenvalue weighted by atomic mass is 10.2. The number of hydrogen-bond acceptors (Lipinski definition) is 3. The van der Waals surface area contributed by atoms with E-state index in [-0.39, 0.29) is 35.6 Å². The summed E-state index contributed by atoms with van der Waals surface area (Å²) in [5.41, 5.74) is 0.281. The molecule has 1 atom stereocenters. The quantitative estimate of drug-likeness (QED) is 0.734. The number of piperazine rings is 1. The van der Waals surface area contributed by atoms with Gasteiger partial charge in [0.05, 0.1) is 6.54 Å². The van der Waals surface area contributed by atoms with Crippen LogP contribution in [0.4, 0.5) is 10.1 Å². The minimum absolute atomic E-state index is 0.0853. The van der Waals surface area contributed by atoms with Gasteiger partial charge in [0.2, 0.25) is 11.8 Å². The molecule has 1 aliphatic heterocycles. The lowest BCUT2D eigenvalue weighted by Crippen LogP contribution is -2.56. The third-order valence-corrected chi connectivity index (χ3v) is 2.68. The van der Waals surface area contributed by atoms with Gasteiger partial charge in [-0.25, -0.2) is 4.39 Å². The molecule has 1 fully saturated rings. The van der Waals surface area contributed by atoms with Crippen LogP contribution < -0.4 is 16.0 Å². The van der Waals surface area contributed by atoms with E-state index in [1.54, 1.807) is 0 Å². The number of rotatable bonds is 2. The van der Waals surface area contributed by atoms with Crippen molar-refractivity contribution in [1.29, 1.82) is 0 Å². The Labute approximate surface area is 108 Å². The number of carbonyl (C=O) groups excluding carboxylic acids is 2. The van der Waals surface area contributed by atoms with Crippen LogP contribution in [-0.2, 0) is 9.59 Å². The van der Waals surface area contributed by atoms with Gasteiger partial charge in [0.15, 0.2) is 0 Å². The maximum Gasteiger partial charge on any atom is 0.243 e. The van der Waals surface area contributed by atoms with Crippen LogP contribution in [0.5, 0.6) is 0 Å². The molecule has 18 heavy (non-hydrogen) atoms. The summed E-state index contributed by atoms with van der Waals surface area (Å²) in [6.45, 7) is 0.287. The number of anilines is 1. The van der Waals surface area contributed by atoms with Crippen molar-refractivity contribution in [3.63, 3.8) is 0 Å². The van der Waals surface area contributed by atoms with Crippen molar-refractivity contribution >= 4 is 29.1 Å². The fourth-order valence-corrected chi connectivity index (χ4v) is 1.83. The van der Waals surface area contributed by atoms with Crippen LogP contribution in [0.2, 0.25) is 5.02 Å². The van der Waals surface area contributed by atoms with Gasteiger partial charge in [0, 0.05) is 17.3 Å². The summed E-state index contributed by atoms with van der Waals surface area (Å²) < 4.78 is 13.1. The normalized spacial score (nSPS) is 19.2. The molecule has 3 N–H and O–H groups in total. The van der Waals surface area contributed by atoms with Gasteiger partial charge < -0.3 is 10.6 Å². The Balaban J connectivity index is 2.00. The summed E-state index contributed by atoms with van der Waals surface area (Å²) in [6, 6.07) is 3.23. The van der Waals surface area contributed by atoms with Gasteiger partial charge in [0.1, 0.15) is 11.9 Å². The average molecular weight is 272 g/mol. The number of halogens is 2. The van der Waals surface area contributed by atoms with Gasteiger partial charge in [-0.1, -0.05) is 11.6 Å². The largest absolute Gasteiger partial charge is 0.353 e. The van der Waals surface area contributed by atoms with E-state index in [0.29, 0.717) is 0 Å². The first-order valence-electron chi connectivity index (χ1n) is 5.31. The lowest BCUT2D eigenvalue weighted by molar-refractivity contribution is -0.124. The SMILES string of the molecule is O=C1CNC(C(=O)Nc2cc(F)cc(Cl)c2)CN1. The molecule has 1 unspecified atom stereocenters. The predicted molar refractivity (Wildman–Crippen MR) is 64.8 cm³/mol. The van der Waals surface area contributed by atoms with Gasteiger partial charge in [-0.3, -0.25) is 14.9 Å². The summed E-state index contributed by atoms with van der Waals surface area (Å²) in [7, 11) is 0. The smallest absolute Gasteiger partial charge is 0.243 e. The van der Waals surface area contributed by atoms with Gasteiger partial charge in [-0.05, 0) is 18.2 Å². The summed E-state index contributed by atoms with van der Waals surface area (Å²) in [6.07, 6.45) is 0. The summed E-state index contributed by atoms with van der Waals surface area (Å²) >= 11 is 5.67. The molecule has 0 aromatic heterocycles. The highest BCUT2D eigenvalue weighted by molar-refractivity contribution is 6.30. The number of benzene rings is 1. The molecule has 1 heterocycles. The van der Waals surface area contributed by atoms with E-state index in [1.807, 2.05) is 0 Å². The van der Waals surface area contributed by atoms with Crippen LogP contribution in [0.25, 0.3) is 0 Å². The third-order valence-electron chi connectivity index (χ3n) is 2.46. The molecule has 2 amide bonds. The Morgan fingerprint density at radius 1 is 1.44 bits per heavy atom. The molecule has 1 aliphatic rings. The van der Waals surface area contributed by atoms with Crippen molar-refractivity contribution in [1.82, 2.24) is 10.6 Å². The molecule has 7 heteroatoms. The zero-order valence-corrected chi connectivity index (χ0v) is 10.1. The Hall–Kier alpha value is -1.66. The van der Waals surface area contributed by atoms with Gasteiger partial charge in [-0.15, -0.1) is 0 Å². The fourth-order valence-electron chi connectivity index (χ4n) is 1.61. The lowest BCUT2D eigenvalue weighted by Gasteiger charge is -2.23. The summed E-state index contributed by atoms with van der Waals surface area (Å²) in [5.74, 6) is -1.03. The van der Waals surface area contributed by atoms with E-state index < -0.39 is 11.9 Å². The van der Waals surface area contributed by atoms with Crippen molar-refractivity contribution in [3.8, 4) is 0 Å². The monoisotopic (exact) mass is 271 g/mol. The van der Waals surface area contributed by atoms with Gasteiger partial charge in [0.25, 0.3) is 0 Å². The molecule has 96 valence electrons. The Morgan fingerprint density at radius 2 is 2.22 bits per heavy atom. The standard InChI is InChI=1S/C11H11ClFN3O2/c12-6-1-7(13)3-8(2-6)16-11(18)9-4-15-10(17)5-14-9/h1-3,9,14H,4-5H2,(H,15,17)(H,16,18). The average Bonchev–Trinajstić information content (AvgIpc) is 2.28. The second-order valence-corrected chi connectivity index (χ2v) is 4.32. The van der Waals surface area contributed by atoms with Gasteiger partial charge in [-0.2, -0.15) is 0 Å². The fraction of sp³-hybridized carbons (Fsp3) is 0.273. The van der Waals surface area contributed by atoms with E-state index in [0.717, 1.165) is 6.07 Å². The molecule has 1 aromatic rings. The van der Waals surface area contributed by atoms with Crippen molar-refractivity contribution < 1.29 is 14.0 Å². The second kappa shape index (κ2) is 5.32. The molecular formula is C11H11ClFN3O2. The summed E-state index contributed by atoms with van der Waals surface area (Å²) in [4.78, 5) is 22.7. The zero-order valence-electron chi connectivity index (χ0n) is 9.30. The maximum atomic E-state index is 13.1. The zero-order chi connectivity index (χ0) is 13.1. The Morgan fingerprint density at radius 3 is 2.83 bits per heavy atom. The highest BCUT2D eigenvalue weighted by atomic mass is 35.5. The minimum atomic E-state index is -0.537. The molecule has 0 radical (unpaired) electrons. The topological polar surface area (TPSA) is 70.2 Å². The first-order chi connectivity index (χ1) is 8.54. The number of nitrogens with one attached hydrogen (secondary N) is 3. The highest BCUT2D eigenvalue weighted by Crippen LogP contribution is 2.18. The van der Waals surface area contributed by atoms with Crippen molar-refractivity contribution in [2.45, 2.75) is 6.04 Å². The van der Waals surface area contributed by atoms with E-state index >= 15 is 0 Å². The van der Waals surface area contributed by atoms with Crippen molar-refractivity contribution in [2.75, 3.05) is 18.4 Å². The molecule has 0 spiro atoms. The number of carbonyl (C=O) groups is 2. The summed E-state index contributed by atoms with van der Waals surface area (Å²) in [5, 5.41) is 8.06. The van der Waals surface area contributed by atoms with E-state index in [1.165, 1.54) is 12.1 Å². The van der Waals surface area contributed by atoms with Crippen LogP contribution in [0.3, 0.4) is 0 Å². The molecule has 0 saturated carbocycles. The van der Waals surface area contributed by atoms with E-state index in [4.69, 9.17) is 11.6 Å². The molecule has 1 saturated heterocycles. The number of hydrogen-bond donors (Lipinski definition) is 3. The van der Waals surface area contributed by atoms with E-state index in [2.05, 4.69) is 16.0 Å². The first kappa shape index (κ1) is 12.8. The minimum Gasteiger partial charge on any atom is -0.353 e. The van der Waals surface area contributed by atoms with Crippen LogP contribution in [-0.4, -0.2) is 30.9 Å². The van der Waals surface area contributed by atoms with Gasteiger partial charge >= 0.3 is 0 Å². The molecular weight excluding hydrogens is 261 g/mol. The third kappa shape index (κ3) is 3.18. The molecule has 0 bridgehead atoms. The molecule has 0 aliphatic carbocycles. The van der Waals surface area contributed by atoms with Crippen LogP contribution in [0, 0.1) is 5.82 Å². The van der Waals surface area contributed by atoms with Crippen LogP contribution >= 0.6 is 11.6 Å². The first-order valence-corrected chi connectivity index (χ1v) is 5.69. The molecule has 5 nitrogen and oxygen atoms in total. The van der Waals surface area contributed by atoms with Crippen molar-refractivity contribution in [3.05, 3.63) is 29.0 Å². The van der Waals surface area contributed by atoms with Crippen LogP contribution in [0.1, 0.15) is 0 Å². The predicted octanol–water partition coefficient (Wildman–Crippen LogP) is 0.506. The second-order valence-electron chi connectivity index (χ2n) is 3.88. The Bertz CT molecular complexity index is 465. The maximum absolute atomic E-state index is 13.1. The Kier molecular flexibility index (Phi) is 3.78. The molecule has 1 aromatic carbocycles.